The summed E-state index contributed by atoms with van der Waals surface area (Å²) in [6, 6.07) is 10.3. The second-order valence-electron chi connectivity index (χ2n) is 4.12. The zero-order chi connectivity index (χ0) is 13.6. The van der Waals surface area contributed by atoms with E-state index in [0.717, 1.165) is 6.07 Å². The molecule has 94 valence electrons. The Bertz CT molecular complexity index is 740. The molecule has 0 amide bonds. The van der Waals surface area contributed by atoms with E-state index in [1.807, 2.05) is 0 Å². The largest absolute Gasteiger partial charge is 0.618 e. The first-order valence-electron chi connectivity index (χ1n) is 5.53. The van der Waals surface area contributed by atoms with Crippen molar-refractivity contribution in [1.29, 1.82) is 0 Å². The first-order valence-corrected chi connectivity index (χ1v) is 5.91. The van der Waals surface area contributed by atoms with E-state index in [1.54, 1.807) is 18.2 Å². The van der Waals surface area contributed by atoms with Gasteiger partial charge in [0.25, 0.3) is 11.5 Å². The number of hydrogen-bond donors (Lipinski definition) is 0. The molecule has 0 bridgehead atoms. The summed E-state index contributed by atoms with van der Waals surface area (Å²) in [7, 11) is 0. The van der Waals surface area contributed by atoms with Crippen LogP contribution in [0.4, 0.5) is 10.1 Å². The Labute approximate surface area is 113 Å². The molecule has 5 heteroatoms. The fraction of sp³-hybridized carbons (Fsp3) is 0. The highest BCUT2D eigenvalue weighted by atomic mass is 35.5. The van der Waals surface area contributed by atoms with Gasteiger partial charge >= 0.3 is 0 Å². The maximum Gasteiger partial charge on any atom is 0.273 e. The zero-order valence-electron chi connectivity index (χ0n) is 9.56. The quantitative estimate of drug-likeness (QED) is 0.592. The van der Waals surface area contributed by atoms with E-state index in [2.05, 4.69) is 0 Å². The van der Waals surface area contributed by atoms with Gasteiger partial charge < -0.3 is 5.21 Å². The van der Waals surface area contributed by atoms with Crippen LogP contribution in [0.25, 0.3) is 0 Å². The molecular weight excluding hydrogens is 269 g/mol. The van der Waals surface area contributed by atoms with Crippen molar-refractivity contribution in [1.82, 2.24) is 0 Å². The SMILES string of the molecule is O=C1C(c2cccc(Cl)c2)=[N+]([O-])c2cccc(F)c21. The van der Waals surface area contributed by atoms with Gasteiger partial charge in [0, 0.05) is 11.1 Å². The van der Waals surface area contributed by atoms with Crippen LogP contribution in [0.2, 0.25) is 5.02 Å². The Balaban J connectivity index is 2.23. The Morgan fingerprint density at radius 1 is 1.16 bits per heavy atom. The smallest absolute Gasteiger partial charge is 0.273 e. The van der Waals surface area contributed by atoms with Crippen molar-refractivity contribution in [3.63, 3.8) is 0 Å². The van der Waals surface area contributed by atoms with Crippen molar-refractivity contribution in [2.75, 3.05) is 0 Å². The normalized spacial score (nSPS) is 13.9. The fourth-order valence-corrected chi connectivity index (χ4v) is 2.31. The summed E-state index contributed by atoms with van der Waals surface area (Å²) in [6.07, 6.45) is 0. The molecule has 0 atom stereocenters. The molecule has 0 saturated heterocycles. The highest BCUT2D eigenvalue weighted by Crippen LogP contribution is 2.30. The molecule has 0 spiro atoms. The van der Waals surface area contributed by atoms with Crippen LogP contribution in [0.5, 0.6) is 0 Å². The first kappa shape index (κ1) is 11.9. The first-order chi connectivity index (χ1) is 9.09. The van der Waals surface area contributed by atoms with Crippen LogP contribution in [-0.4, -0.2) is 16.2 Å². The Morgan fingerprint density at radius 2 is 1.89 bits per heavy atom. The summed E-state index contributed by atoms with van der Waals surface area (Å²) in [6.45, 7) is 0. The summed E-state index contributed by atoms with van der Waals surface area (Å²) in [5, 5.41) is 12.5. The number of carbonyl (C=O) groups excluding carboxylic acids is 1. The summed E-state index contributed by atoms with van der Waals surface area (Å²) < 4.78 is 14.1. The third-order valence-electron chi connectivity index (χ3n) is 2.95. The fourth-order valence-electron chi connectivity index (χ4n) is 2.12. The van der Waals surface area contributed by atoms with E-state index in [9.17, 15) is 14.4 Å². The van der Waals surface area contributed by atoms with Crippen LogP contribution in [0.1, 0.15) is 15.9 Å². The lowest BCUT2D eigenvalue weighted by atomic mass is 10.0. The Hall–Kier alpha value is -2.20. The van der Waals surface area contributed by atoms with Crippen LogP contribution in [0.3, 0.4) is 0 Å². The van der Waals surface area contributed by atoms with Gasteiger partial charge in [-0.25, -0.2) is 4.39 Å². The van der Waals surface area contributed by atoms with Gasteiger partial charge in [0.05, 0.1) is 5.56 Å². The third-order valence-corrected chi connectivity index (χ3v) is 3.19. The lowest BCUT2D eigenvalue weighted by Crippen LogP contribution is -2.17. The van der Waals surface area contributed by atoms with Crippen molar-refractivity contribution < 1.29 is 13.9 Å². The molecule has 1 heterocycles. The van der Waals surface area contributed by atoms with E-state index in [1.165, 1.54) is 18.2 Å². The minimum Gasteiger partial charge on any atom is -0.618 e. The molecule has 0 N–H and O–H groups in total. The molecule has 1 aliphatic rings. The highest BCUT2D eigenvalue weighted by molar-refractivity contribution is 6.52. The molecule has 0 saturated carbocycles. The van der Waals surface area contributed by atoms with Crippen LogP contribution in [0.15, 0.2) is 42.5 Å². The maximum atomic E-state index is 13.7. The number of carbonyl (C=O) groups is 1. The minimum absolute atomic E-state index is 0.0278. The molecule has 0 unspecified atom stereocenters. The molecule has 2 aromatic carbocycles. The van der Waals surface area contributed by atoms with E-state index in [0.29, 0.717) is 15.3 Å². The van der Waals surface area contributed by atoms with Crippen LogP contribution in [0, 0.1) is 11.0 Å². The van der Waals surface area contributed by atoms with Gasteiger partial charge in [0.1, 0.15) is 11.4 Å². The topological polar surface area (TPSA) is 43.1 Å². The minimum atomic E-state index is -0.694. The molecular formula is C14H7ClFNO2. The second kappa shape index (κ2) is 4.17. The van der Waals surface area contributed by atoms with E-state index >= 15 is 0 Å². The summed E-state index contributed by atoms with van der Waals surface area (Å²) in [5.41, 5.74) is 0.109. The number of benzene rings is 2. The van der Waals surface area contributed by atoms with Crippen molar-refractivity contribution >= 4 is 28.8 Å². The molecule has 3 nitrogen and oxygen atoms in total. The van der Waals surface area contributed by atoms with Crippen molar-refractivity contribution in [2.24, 2.45) is 0 Å². The summed E-state index contributed by atoms with van der Waals surface area (Å²) in [4.78, 5) is 12.2. The van der Waals surface area contributed by atoms with Gasteiger partial charge in [-0.1, -0.05) is 23.7 Å². The average Bonchev–Trinajstić information content (AvgIpc) is 2.63. The number of nitrogens with zero attached hydrogens (tertiary/aromatic N) is 1. The lowest BCUT2D eigenvalue weighted by Gasteiger charge is -2.02. The van der Waals surface area contributed by atoms with Gasteiger partial charge in [-0.05, 0) is 24.3 Å². The van der Waals surface area contributed by atoms with Gasteiger partial charge in [-0.3, -0.25) is 4.79 Å². The number of Topliss-reactive ketones (excluding diaryl/α,β-unsaturated/α-hetero) is 1. The Kier molecular flexibility index (Phi) is 2.61. The van der Waals surface area contributed by atoms with Gasteiger partial charge in [0.2, 0.25) is 5.69 Å². The number of hydrogen-bond acceptors (Lipinski definition) is 2. The van der Waals surface area contributed by atoms with Gasteiger partial charge in [-0.15, -0.1) is 0 Å². The summed E-state index contributed by atoms with van der Waals surface area (Å²) in [5.74, 6) is -1.31. The van der Waals surface area contributed by atoms with Crippen molar-refractivity contribution in [2.45, 2.75) is 0 Å². The predicted octanol–water partition coefficient (Wildman–Crippen LogP) is 3.31. The third kappa shape index (κ3) is 1.72. The van der Waals surface area contributed by atoms with Crippen LogP contribution in [-0.2, 0) is 0 Å². The molecule has 0 fully saturated rings. The Morgan fingerprint density at radius 3 is 2.58 bits per heavy atom. The second-order valence-corrected chi connectivity index (χ2v) is 4.55. The van der Waals surface area contributed by atoms with E-state index in [4.69, 9.17) is 11.6 Å². The lowest BCUT2D eigenvalue weighted by molar-refractivity contribution is -0.355. The van der Waals surface area contributed by atoms with Crippen LogP contribution >= 0.6 is 11.6 Å². The van der Waals surface area contributed by atoms with Gasteiger partial charge in [-0.2, -0.15) is 4.74 Å². The van der Waals surface area contributed by atoms with E-state index in [-0.39, 0.29) is 17.0 Å². The molecule has 0 aliphatic carbocycles. The zero-order valence-corrected chi connectivity index (χ0v) is 10.3. The standard InChI is InChI=1S/C14H7ClFNO2/c15-9-4-1-3-8(7-9)13-14(18)12-10(16)5-2-6-11(12)17(13)19/h1-7H. The molecule has 3 rings (SSSR count). The van der Waals surface area contributed by atoms with Crippen molar-refractivity contribution in [3.05, 3.63) is 69.6 Å². The molecule has 2 aromatic rings. The van der Waals surface area contributed by atoms with Crippen molar-refractivity contribution in [3.8, 4) is 0 Å². The number of halogens is 2. The molecule has 0 aromatic heterocycles. The predicted molar refractivity (Wildman–Crippen MR) is 69.6 cm³/mol. The summed E-state index contributed by atoms with van der Waals surface area (Å²) >= 11 is 5.84. The monoisotopic (exact) mass is 275 g/mol. The number of fused-ring (bicyclic) bond motifs is 1. The molecule has 0 radical (unpaired) electrons. The number of ketones is 1. The number of rotatable bonds is 1. The average molecular weight is 276 g/mol. The molecule has 1 aliphatic heterocycles. The maximum absolute atomic E-state index is 13.7. The van der Waals surface area contributed by atoms with Gasteiger partial charge in [0.15, 0.2) is 0 Å². The van der Waals surface area contributed by atoms with E-state index < -0.39 is 11.6 Å². The molecule has 19 heavy (non-hydrogen) atoms. The highest BCUT2D eigenvalue weighted by Gasteiger charge is 2.38. The van der Waals surface area contributed by atoms with Crippen LogP contribution < -0.4 is 0 Å².